The zero-order valence-corrected chi connectivity index (χ0v) is 18.5. The lowest BCUT2D eigenvalue weighted by molar-refractivity contribution is -0.117. The molecule has 1 N–H and O–H groups in total. The van der Waals surface area contributed by atoms with E-state index in [4.69, 9.17) is 4.52 Å². The number of aryl methyl sites for hydroxylation is 1. The van der Waals surface area contributed by atoms with Crippen molar-refractivity contribution >= 4 is 11.7 Å². The second-order valence-corrected chi connectivity index (χ2v) is 8.31. The smallest absolute Gasteiger partial charge is 0.239 e. The first kappa shape index (κ1) is 21.8. The molecule has 0 saturated carbocycles. The summed E-state index contributed by atoms with van der Waals surface area (Å²) in [7, 11) is 0. The fourth-order valence-electron chi connectivity index (χ4n) is 4.33. The van der Waals surface area contributed by atoms with Crippen LogP contribution in [0.15, 0.2) is 34.9 Å². The van der Waals surface area contributed by atoms with Gasteiger partial charge in [-0.2, -0.15) is 5.26 Å². The van der Waals surface area contributed by atoms with Crippen LogP contribution in [0.2, 0.25) is 0 Å². The SMILES string of the molecule is Cc1cc(C2CCCN2CC(=O)Nc2c(C#N)c(C)c(C)n2Cc2ccc(F)cc2)on1. The number of nitriles is 1. The molecule has 1 aliphatic rings. The van der Waals surface area contributed by atoms with E-state index >= 15 is 0 Å². The number of hydrogen-bond donors (Lipinski definition) is 1. The molecule has 3 aromatic rings. The molecule has 7 nitrogen and oxygen atoms in total. The number of carbonyl (C=O) groups excluding carboxylic acids is 1. The number of carbonyl (C=O) groups is 1. The van der Waals surface area contributed by atoms with E-state index in [0.29, 0.717) is 17.9 Å². The van der Waals surface area contributed by atoms with E-state index in [1.54, 1.807) is 12.1 Å². The summed E-state index contributed by atoms with van der Waals surface area (Å²) in [5.74, 6) is 0.755. The Morgan fingerprint density at radius 2 is 2.06 bits per heavy atom. The third-order valence-electron chi connectivity index (χ3n) is 6.14. The third-order valence-corrected chi connectivity index (χ3v) is 6.14. The largest absolute Gasteiger partial charge is 0.359 e. The number of benzene rings is 1. The highest BCUT2D eigenvalue weighted by Crippen LogP contribution is 2.32. The van der Waals surface area contributed by atoms with Crippen molar-refractivity contribution in [2.45, 2.75) is 46.2 Å². The first-order chi connectivity index (χ1) is 15.4. The van der Waals surface area contributed by atoms with E-state index in [-0.39, 0.29) is 24.3 Å². The predicted molar refractivity (Wildman–Crippen MR) is 118 cm³/mol. The van der Waals surface area contributed by atoms with Gasteiger partial charge in [-0.1, -0.05) is 17.3 Å². The first-order valence-electron chi connectivity index (χ1n) is 10.7. The molecule has 1 saturated heterocycles. The van der Waals surface area contributed by atoms with Gasteiger partial charge in [0.2, 0.25) is 5.91 Å². The maximum atomic E-state index is 13.3. The molecule has 0 spiro atoms. The van der Waals surface area contributed by atoms with Gasteiger partial charge in [0.1, 0.15) is 17.7 Å². The quantitative estimate of drug-likeness (QED) is 0.626. The molecule has 0 radical (unpaired) electrons. The minimum atomic E-state index is -0.303. The molecule has 166 valence electrons. The fourth-order valence-corrected chi connectivity index (χ4v) is 4.33. The van der Waals surface area contributed by atoms with Gasteiger partial charge < -0.3 is 14.4 Å². The first-order valence-corrected chi connectivity index (χ1v) is 10.7. The molecule has 1 unspecified atom stereocenters. The second kappa shape index (κ2) is 8.97. The summed E-state index contributed by atoms with van der Waals surface area (Å²) in [4.78, 5) is 15.1. The van der Waals surface area contributed by atoms with Crippen LogP contribution in [0, 0.1) is 37.9 Å². The summed E-state index contributed by atoms with van der Waals surface area (Å²) < 4.78 is 20.6. The normalized spacial score (nSPS) is 16.3. The molecule has 1 amide bonds. The number of halogens is 1. The van der Waals surface area contributed by atoms with Crippen molar-refractivity contribution in [3.8, 4) is 6.07 Å². The molecule has 1 aliphatic heterocycles. The van der Waals surface area contributed by atoms with E-state index in [2.05, 4.69) is 21.4 Å². The Labute approximate surface area is 186 Å². The van der Waals surface area contributed by atoms with Crippen LogP contribution < -0.4 is 5.32 Å². The van der Waals surface area contributed by atoms with Crippen LogP contribution in [0.3, 0.4) is 0 Å². The van der Waals surface area contributed by atoms with Crippen molar-refractivity contribution in [1.29, 1.82) is 5.26 Å². The molecule has 3 heterocycles. The predicted octanol–water partition coefficient (Wildman–Crippen LogP) is 4.24. The van der Waals surface area contributed by atoms with E-state index < -0.39 is 0 Å². The lowest BCUT2D eigenvalue weighted by Crippen LogP contribution is -2.33. The van der Waals surface area contributed by atoms with Crippen LogP contribution in [-0.2, 0) is 11.3 Å². The number of rotatable bonds is 6. The number of hydrogen-bond acceptors (Lipinski definition) is 5. The molecule has 1 atom stereocenters. The van der Waals surface area contributed by atoms with Gasteiger partial charge in [0.25, 0.3) is 0 Å². The molecule has 32 heavy (non-hydrogen) atoms. The number of amides is 1. The van der Waals surface area contributed by atoms with Gasteiger partial charge in [0, 0.05) is 18.3 Å². The van der Waals surface area contributed by atoms with Crippen molar-refractivity contribution in [2.24, 2.45) is 0 Å². The second-order valence-electron chi connectivity index (χ2n) is 8.31. The van der Waals surface area contributed by atoms with Crippen molar-refractivity contribution in [1.82, 2.24) is 14.6 Å². The number of anilines is 1. The molecular formula is C24H26FN5O2. The van der Waals surface area contributed by atoms with Crippen LogP contribution in [0.5, 0.6) is 0 Å². The zero-order valence-electron chi connectivity index (χ0n) is 18.5. The highest BCUT2D eigenvalue weighted by atomic mass is 19.1. The summed E-state index contributed by atoms with van der Waals surface area (Å²) in [5, 5.41) is 16.7. The summed E-state index contributed by atoms with van der Waals surface area (Å²) >= 11 is 0. The molecule has 2 aromatic heterocycles. The monoisotopic (exact) mass is 435 g/mol. The topological polar surface area (TPSA) is 87.1 Å². The molecule has 1 fully saturated rings. The molecule has 1 aromatic carbocycles. The van der Waals surface area contributed by atoms with Crippen molar-refractivity contribution in [3.05, 3.63) is 70.0 Å². The molecule has 4 rings (SSSR count). The average Bonchev–Trinajstić information content (AvgIpc) is 3.45. The Morgan fingerprint density at radius 3 is 2.72 bits per heavy atom. The lowest BCUT2D eigenvalue weighted by Gasteiger charge is -2.22. The summed E-state index contributed by atoms with van der Waals surface area (Å²) in [5.41, 5.74) is 3.85. The van der Waals surface area contributed by atoms with Gasteiger partial charge in [-0.15, -0.1) is 0 Å². The van der Waals surface area contributed by atoms with Crippen LogP contribution in [0.4, 0.5) is 10.2 Å². The number of likely N-dealkylation sites (tertiary alicyclic amines) is 1. The van der Waals surface area contributed by atoms with E-state index in [1.165, 1.54) is 12.1 Å². The van der Waals surface area contributed by atoms with Gasteiger partial charge in [-0.25, -0.2) is 4.39 Å². The Hall–Kier alpha value is -3.44. The maximum absolute atomic E-state index is 13.3. The van der Waals surface area contributed by atoms with Crippen molar-refractivity contribution in [2.75, 3.05) is 18.4 Å². The Balaban J connectivity index is 1.55. The van der Waals surface area contributed by atoms with Gasteiger partial charge in [0.15, 0.2) is 5.76 Å². The molecule has 0 aliphatic carbocycles. The van der Waals surface area contributed by atoms with Gasteiger partial charge >= 0.3 is 0 Å². The Morgan fingerprint density at radius 1 is 1.31 bits per heavy atom. The summed E-state index contributed by atoms with van der Waals surface area (Å²) in [6, 6.07) is 10.4. The van der Waals surface area contributed by atoms with Crippen LogP contribution >= 0.6 is 0 Å². The third kappa shape index (κ3) is 4.30. The number of nitrogens with one attached hydrogen (secondary N) is 1. The average molecular weight is 436 g/mol. The molecule has 0 bridgehead atoms. The van der Waals surface area contributed by atoms with E-state index in [0.717, 1.165) is 47.7 Å². The van der Waals surface area contributed by atoms with Crippen LogP contribution in [0.1, 0.15) is 52.7 Å². The Bertz CT molecular complexity index is 1170. The van der Waals surface area contributed by atoms with Crippen molar-refractivity contribution < 1.29 is 13.7 Å². The van der Waals surface area contributed by atoms with Gasteiger partial charge in [0.05, 0.1) is 23.8 Å². The molecular weight excluding hydrogens is 409 g/mol. The number of aromatic nitrogens is 2. The minimum absolute atomic E-state index is 0.0202. The number of nitrogens with zero attached hydrogens (tertiary/aromatic N) is 4. The van der Waals surface area contributed by atoms with E-state index in [1.807, 2.05) is 31.4 Å². The van der Waals surface area contributed by atoms with Crippen molar-refractivity contribution in [3.63, 3.8) is 0 Å². The molecule has 8 heteroatoms. The van der Waals surface area contributed by atoms with E-state index in [9.17, 15) is 14.4 Å². The Kier molecular flexibility index (Phi) is 6.10. The standard InChI is InChI=1S/C24H26FN5O2/c1-15-11-22(32-28-15)21-5-4-10-29(21)14-23(31)27-24-20(12-26)16(2)17(3)30(24)13-18-6-8-19(25)9-7-18/h6-9,11,21H,4-5,10,13-14H2,1-3H3,(H,27,31). The van der Waals surface area contributed by atoms with Crippen LogP contribution in [0.25, 0.3) is 0 Å². The minimum Gasteiger partial charge on any atom is -0.359 e. The summed E-state index contributed by atoms with van der Waals surface area (Å²) in [6.45, 7) is 7.06. The maximum Gasteiger partial charge on any atom is 0.239 e. The highest BCUT2D eigenvalue weighted by Gasteiger charge is 2.31. The summed E-state index contributed by atoms with van der Waals surface area (Å²) in [6.07, 6.45) is 1.88. The lowest BCUT2D eigenvalue weighted by atomic mass is 10.1. The zero-order chi connectivity index (χ0) is 22.8. The fraction of sp³-hybridized carbons (Fsp3) is 0.375. The highest BCUT2D eigenvalue weighted by molar-refractivity contribution is 5.93. The van der Waals surface area contributed by atoms with Gasteiger partial charge in [-0.05, 0) is 63.4 Å². The van der Waals surface area contributed by atoms with Gasteiger partial charge in [-0.3, -0.25) is 9.69 Å². The van der Waals surface area contributed by atoms with Crippen LogP contribution in [-0.4, -0.2) is 33.6 Å².